The van der Waals surface area contributed by atoms with Crippen LogP contribution in [0.5, 0.6) is 5.75 Å². The molecular formula is C24H22N2O2. The van der Waals surface area contributed by atoms with E-state index in [9.17, 15) is 4.79 Å². The minimum absolute atomic E-state index is 0.122. The molecule has 0 bridgehead atoms. The first-order chi connectivity index (χ1) is 13.7. The molecule has 4 heteroatoms. The van der Waals surface area contributed by atoms with Crippen molar-refractivity contribution in [2.45, 2.75) is 20.1 Å². The van der Waals surface area contributed by atoms with Gasteiger partial charge in [-0.05, 0) is 36.2 Å². The van der Waals surface area contributed by atoms with Gasteiger partial charge in [-0.25, -0.2) is 0 Å². The summed E-state index contributed by atoms with van der Waals surface area (Å²) < 4.78 is 5.86. The molecule has 140 valence electrons. The second-order valence-electron chi connectivity index (χ2n) is 6.87. The van der Waals surface area contributed by atoms with Gasteiger partial charge >= 0.3 is 0 Å². The normalized spacial score (nSPS) is 10.8. The highest BCUT2D eigenvalue weighted by atomic mass is 16.5. The van der Waals surface area contributed by atoms with Crippen LogP contribution in [0.2, 0.25) is 0 Å². The van der Waals surface area contributed by atoms with Crippen LogP contribution in [0.4, 0.5) is 0 Å². The first kappa shape index (κ1) is 17.9. The zero-order chi connectivity index (χ0) is 19.3. The zero-order valence-corrected chi connectivity index (χ0v) is 15.7. The Balaban J connectivity index is 1.42. The van der Waals surface area contributed by atoms with Crippen molar-refractivity contribution in [3.63, 3.8) is 0 Å². The molecule has 0 saturated heterocycles. The van der Waals surface area contributed by atoms with Gasteiger partial charge in [0.05, 0.1) is 0 Å². The molecule has 1 heterocycles. The molecule has 4 rings (SSSR count). The Bertz CT molecular complexity index is 1080. The van der Waals surface area contributed by atoms with Gasteiger partial charge < -0.3 is 15.0 Å². The van der Waals surface area contributed by atoms with Gasteiger partial charge in [-0.3, -0.25) is 4.79 Å². The lowest BCUT2D eigenvalue weighted by atomic mass is 10.1. The van der Waals surface area contributed by atoms with Gasteiger partial charge in [0.1, 0.15) is 18.1 Å². The van der Waals surface area contributed by atoms with Crippen molar-refractivity contribution in [3.05, 3.63) is 101 Å². The maximum absolute atomic E-state index is 12.5. The fourth-order valence-electron chi connectivity index (χ4n) is 3.04. The Morgan fingerprint density at radius 1 is 0.929 bits per heavy atom. The molecule has 28 heavy (non-hydrogen) atoms. The fraction of sp³-hybridized carbons (Fsp3) is 0.125. The topological polar surface area (TPSA) is 54.1 Å². The lowest BCUT2D eigenvalue weighted by Crippen LogP contribution is -2.23. The summed E-state index contributed by atoms with van der Waals surface area (Å²) in [6, 6.07) is 25.8. The summed E-state index contributed by atoms with van der Waals surface area (Å²) in [5.41, 5.74) is 4.82. The number of nitrogens with one attached hydrogen (secondary N) is 2. The van der Waals surface area contributed by atoms with E-state index in [1.165, 1.54) is 5.56 Å². The molecule has 0 spiro atoms. The van der Waals surface area contributed by atoms with Gasteiger partial charge in [0.15, 0.2) is 0 Å². The van der Waals surface area contributed by atoms with Crippen molar-refractivity contribution in [1.82, 2.24) is 10.3 Å². The summed E-state index contributed by atoms with van der Waals surface area (Å²) in [6.45, 7) is 3.06. The average Bonchev–Trinajstić information content (AvgIpc) is 3.16. The third-order valence-corrected chi connectivity index (χ3v) is 4.66. The molecule has 0 aliphatic carbocycles. The van der Waals surface area contributed by atoms with Gasteiger partial charge in [-0.2, -0.15) is 0 Å². The van der Waals surface area contributed by atoms with Crippen LogP contribution >= 0.6 is 0 Å². The van der Waals surface area contributed by atoms with E-state index in [2.05, 4.69) is 10.3 Å². The Labute approximate surface area is 164 Å². The number of amides is 1. The number of aromatic nitrogens is 1. The Kier molecular flexibility index (Phi) is 5.11. The zero-order valence-electron chi connectivity index (χ0n) is 15.7. The summed E-state index contributed by atoms with van der Waals surface area (Å²) in [5, 5.41) is 3.93. The van der Waals surface area contributed by atoms with Gasteiger partial charge in [0.25, 0.3) is 5.91 Å². The minimum Gasteiger partial charge on any atom is -0.489 e. The smallest absolute Gasteiger partial charge is 0.267 e. The van der Waals surface area contributed by atoms with Crippen molar-refractivity contribution in [3.8, 4) is 5.75 Å². The molecule has 0 unspecified atom stereocenters. The number of carbonyl (C=O) groups is 1. The van der Waals surface area contributed by atoms with Crippen LogP contribution in [-0.2, 0) is 13.2 Å². The van der Waals surface area contributed by atoms with Crippen molar-refractivity contribution in [2.24, 2.45) is 0 Å². The standard InChI is InChI=1S/C24H22N2O2/c1-17-7-9-18(10-8-17)15-25-24(27)23-13-20-11-12-21(14-22(20)26-23)28-16-19-5-3-2-4-6-19/h2-14,26H,15-16H2,1H3,(H,25,27). The SMILES string of the molecule is Cc1ccc(CNC(=O)c2cc3ccc(OCc4ccccc4)cc3[nH]2)cc1. The Hall–Kier alpha value is -3.53. The number of H-pyrrole nitrogens is 1. The Morgan fingerprint density at radius 3 is 2.50 bits per heavy atom. The molecule has 0 radical (unpaired) electrons. The second kappa shape index (κ2) is 8.01. The predicted octanol–water partition coefficient (Wildman–Crippen LogP) is 4.99. The largest absolute Gasteiger partial charge is 0.489 e. The van der Waals surface area contributed by atoms with Crippen molar-refractivity contribution in [2.75, 3.05) is 0 Å². The minimum atomic E-state index is -0.122. The van der Waals surface area contributed by atoms with E-state index in [1.807, 2.05) is 85.8 Å². The molecule has 0 atom stereocenters. The number of aromatic amines is 1. The predicted molar refractivity (Wildman–Crippen MR) is 111 cm³/mol. The van der Waals surface area contributed by atoms with E-state index in [4.69, 9.17) is 4.74 Å². The molecule has 1 amide bonds. The molecule has 0 saturated carbocycles. The lowest BCUT2D eigenvalue weighted by Gasteiger charge is -2.06. The van der Waals surface area contributed by atoms with Gasteiger partial charge in [0, 0.05) is 23.5 Å². The third kappa shape index (κ3) is 4.23. The number of rotatable bonds is 6. The highest BCUT2D eigenvalue weighted by Crippen LogP contribution is 2.22. The summed E-state index contributed by atoms with van der Waals surface area (Å²) >= 11 is 0. The fourth-order valence-corrected chi connectivity index (χ4v) is 3.04. The summed E-state index contributed by atoms with van der Waals surface area (Å²) in [6.07, 6.45) is 0. The monoisotopic (exact) mass is 370 g/mol. The quantitative estimate of drug-likeness (QED) is 0.503. The highest BCUT2D eigenvalue weighted by molar-refractivity contribution is 5.98. The van der Waals surface area contributed by atoms with Gasteiger partial charge in [-0.1, -0.05) is 60.2 Å². The summed E-state index contributed by atoms with van der Waals surface area (Å²) in [4.78, 5) is 15.7. The number of fused-ring (bicyclic) bond motifs is 1. The van der Waals surface area contributed by atoms with Crippen molar-refractivity contribution >= 4 is 16.8 Å². The highest BCUT2D eigenvalue weighted by Gasteiger charge is 2.10. The number of hydrogen-bond donors (Lipinski definition) is 2. The van der Waals surface area contributed by atoms with E-state index in [0.717, 1.165) is 27.8 Å². The molecule has 4 aromatic rings. The number of carbonyl (C=O) groups excluding carboxylic acids is 1. The summed E-state index contributed by atoms with van der Waals surface area (Å²) in [7, 11) is 0. The molecule has 3 aromatic carbocycles. The molecule has 1 aromatic heterocycles. The van der Waals surface area contributed by atoms with Crippen LogP contribution in [0, 0.1) is 6.92 Å². The molecule has 0 aliphatic heterocycles. The van der Waals surface area contributed by atoms with E-state index in [1.54, 1.807) is 0 Å². The van der Waals surface area contributed by atoms with Crippen LogP contribution in [0.15, 0.2) is 78.9 Å². The van der Waals surface area contributed by atoms with Crippen LogP contribution in [0.3, 0.4) is 0 Å². The van der Waals surface area contributed by atoms with Gasteiger partial charge in [0.2, 0.25) is 0 Å². The molecular weight excluding hydrogens is 348 g/mol. The van der Waals surface area contributed by atoms with E-state index < -0.39 is 0 Å². The Morgan fingerprint density at radius 2 is 1.71 bits per heavy atom. The number of hydrogen-bond acceptors (Lipinski definition) is 2. The molecule has 4 nitrogen and oxygen atoms in total. The first-order valence-corrected chi connectivity index (χ1v) is 9.31. The van der Waals surface area contributed by atoms with Crippen LogP contribution in [0.1, 0.15) is 27.2 Å². The van der Waals surface area contributed by atoms with Gasteiger partial charge in [-0.15, -0.1) is 0 Å². The molecule has 0 fully saturated rings. The number of aryl methyl sites for hydroxylation is 1. The van der Waals surface area contributed by atoms with Crippen LogP contribution in [0.25, 0.3) is 10.9 Å². The van der Waals surface area contributed by atoms with Crippen LogP contribution in [-0.4, -0.2) is 10.9 Å². The third-order valence-electron chi connectivity index (χ3n) is 4.66. The lowest BCUT2D eigenvalue weighted by molar-refractivity contribution is 0.0946. The first-order valence-electron chi connectivity index (χ1n) is 9.31. The van der Waals surface area contributed by atoms with Crippen molar-refractivity contribution in [1.29, 1.82) is 0 Å². The number of ether oxygens (including phenoxy) is 1. The molecule has 0 aliphatic rings. The maximum Gasteiger partial charge on any atom is 0.267 e. The van der Waals surface area contributed by atoms with Crippen LogP contribution < -0.4 is 10.1 Å². The van der Waals surface area contributed by atoms with Crippen molar-refractivity contribution < 1.29 is 9.53 Å². The molecule has 2 N–H and O–H groups in total. The average molecular weight is 370 g/mol. The number of benzene rings is 3. The summed E-state index contributed by atoms with van der Waals surface area (Å²) in [5.74, 6) is 0.647. The van der Waals surface area contributed by atoms with E-state index in [0.29, 0.717) is 18.8 Å². The second-order valence-corrected chi connectivity index (χ2v) is 6.87. The van der Waals surface area contributed by atoms with E-state index in [-0.39, 0.29) is 5.91 Å². The maximum atomic E-state index is 12.5. The van der Waals surface area contributed by atoms with E-state index >= 15 is 0 Å².